The number of benzene rings is 1. The minimum atomic E-state index is -0.125. The summed E-state index contributed by atoms with van der Waals surface area (Å²) in [6.07, 6.45) is 1.22. The Balaban J connectivity index is 2.15. The van der Waals surface area contributed by atoms with Crippen LogP contribution in [0.1, 0.15) is 17.0 Å². The maximum atomic E-state index is 6.23. The van der Waals surface area contributed by atoms with Gasteiger partial charge in [-0.15, -0.1) is 0 Å². The topological polar surface area (TPSA) is 43.8 Å². The van der Waals surface area contributed by atoms with E-state index in [1.54, 1.807) is 4.68 Å². The highest BCUT2D eigenvalue weighted by Gasteiger charge is 2.17. The first-order valence-corrected chi connectivity index (χ1v) is 7.40. The first kappa shape index (κ1) is 15.6. The van der Waals surface area contributed by atoms with Gasteiger partial charge in [-0.1, -0.05) is 40.9 Å². The van der Waals surface area contributed by atoms with Crippen LogP contribution in [0.5, 0.6) is 0 Å². The highest BCUT2D eigenvalue weighted by Crippen LogP contribution is 2.27. The van der Waals surface area contributed by atoms with Crippen LogP contribution >= 0.6 is 34.8 Å². The molecule has 2 N–H and O–H groups in total. The van der Waals surface area contributed by atoms with E-state index in [0.29, 0.717) is 27.9 Å². The second kappa shape index (κ2) is 6.35. The Bertz CT molecular complexity index is 602. The van der Waals surface area contributed by atoms with Crippen molar-refractivity contribution in [2.75, 3.05) is 0 Å². The number of aromatic nitrogens is 2. The molecule has 1 heterocycles. The van der Waals surface area contributed by atoms with Gasteiger partial charge in [0.2, 0.25) is 0 Å². The van der Waals surface area contributed by atoms with E-state index in [4.69, 9.17) is 40.5 Å². The molecule has 0 saturated carbocycles. The molecule has 0 spiro atoms. The molecule has 6 heteroatoms. The summed E-state index contributed by atoms with van der Waals surface area (Å²) in [4.78, 5) is 0. The van der Waals surface area contributed by atoms with Gasteiger partial charge in [-0.3, -0.25) is 4.68 Å². The SMILES string of the molecule is Cc1nn(C)c(CC(N)Cc2c(Cl)cccc2Cl)c1Cl. The van der Waals surface area contributed by atoms with Gasteiger partial charge in [0.05, 0.1) is 16.4 Å². The van der Waals surface area contributed by atoms with E-state index in [2.05, 4.69) is 5.10 Å². The molecular weight excluding hydrogens is 317 g/mol. The standard InChI is InChI=1S/C14H16Cl3N3/c1-8-14(17)13(20(2)19-8)7-9(18)6-10-11(15)4-3-5-12(10)16/h3-5,9H,6-7,18H2,1-2H3. The smallest absolute Gasteiger partial charge is 0.0847 e. The Morgan fingerprint density at radius 1 is 1.20 bits per heavy atom. The molecule has 20 heavy (non-hydrogen) atoms. The maximum absolute atomic E-state index is 6.23. The average Bonchev–Trinajstić information content (AvgIpc) is 2.61. The van der Waals surface area contributed by atoms with Gasteiger partial charge in [0, 0.05) is 29.6 Å². The minimum Gasteiger partial charge on any atom is -0.327 e. The summed E-state index contributed by atoms with van der Waals surface area (Å²) in [5.41, 5.74) is 8.82. The van der Waals surface area contributed by atoms with Gasteiger partial charge in [-0.05, 0) is 31.0 Å². The van der Waals surface area contributed by atoms with Crippen LogP contribution in [0.2, 0.25) is 15.1 Å². The van der Waals surface area contributed by atoms with E-state index in [9.17, 15) is 0 Å². The Hall–Kier alpha value is -0.740. The number of hydrogen-bond acceptors (Lipinski definition) is 2. The van der Waals surface area contributed by atoms with Crippen molar-refractivity contribution in [2.24, 2.45) is 12.8 Å². The molecular formula is C14H16Cl3N3. The summed E-state index contributed by atoms with van der Waals surface area (Å²) in [7, 11) is 1.86. The fraction of sp³-hybridized carbons (Fsp3) is 0.357. The monoisotopic (exact) mass is 331 g/mol. The van der Waals surface area contributed by atoms with Crippen molar-refractivity contribution in [3.05, 3.63) is 50.2 Å². The van der Waals surface area contributed by atoms with Gasteiger partial charge in [0.25, 0.3) is 0 Å². The van der Waals surface area contributed by atoms with Gasteiger partial charge in [0.15, 0.2) is 0 Å². The van der Waals surface area contributed by atoms with Gasteiger partial charge in [-0.25, -0.2) is 0 Å². The molecule has 2 aromatic rings. The molecule has 1 aromatic carbocycles. The molecule has 2 rings (SSSR count). The van der Waals surface area contributed by atoms with Crippen molar-refractivity contribution in [1.82, 2.24) is 9.78 Å². The Labute approximate surface area is 133 Å². The lowest BCUT2D eigenvalue weighted by Gasteiger charge is -2.14. The molecule has 0 aliphatic heterocycles. The average molecular weight is 333 g/mol. The van der Waals surface area contributed by atoms with Gasteiger partial charge < -0.3 is 5.73 Å². The highest BCUT2D eigenvalue weighted by atomic mass is 35.5. The lowest BCUT2D eigenvalue weighted by molar-refractivity contribution is 0.612. The number of halogens is 3. The highest BCUT2D eigenvalue weighted by molar-refractivity contribution is 6.36. The maximum Gasteiger partial charge on any atom is 0.0847 e. The Morgan fingerprint density at radius 3 is 2.30 bits per heavy atom. The molecule has 1 atom stereocenters. The van der Waals surface area contributed by atoms with Crippen molar-refractivity contribution in [1.29, 1.82) is 0 Å². The van der Waals surface area contributed by atoms with E-state index in [-0.39, 0.29) is 6.04 Å². The van der Waals surface area contributed by atoms with Crippen LogP contribution in [0.3, 0.4) is 0 Å². The van der Waals surface area contributed by atoms with E-state index < -0.39 is 0 Å². The van der Waals surface area contributed by atoms with Crippen LogP contribution in [-0.2, 0) is 19.9 Å². The molecule has 0 radical (unpaired) electrons. The zero-order chi connectivity index (χ0) is 14.9. The summed E-state index contributed by atoms with van der Waals surface area (Å²) in [5.74, 6) is 0. The summed E-state index contributed by atoms with van der Waals surface area (Å²) in [6.45, 7) is 1.88. The summed E-state index contributed by atoms with van der Waals surface area (Å²) < 4.78 is 1.77. The summed E-state index contributed by atoms with van der Waals surface area (Å²) >= 11 is 18.6. The normalized spacial score (nSPS) is 12.7. The lowest BCUT2D eigenvalue weighted by atomic mass is 10.0. The third-order valence-corrected chi connectivity index (χ3v) is 4.45. The number of nitrogens with zero attached hydrogens (tertiary/aromatic N) is 2. The quantitative estimate of drug-likeness (QED) is 0.925. The van der Waals surface area contributed by atoms with Crippen LogP contribution in [0, 0.1) is 6.92 Å². The zero-order valence-electron chi connectivity index (χ0n) is 11.3. The molecule has 1 aromatic heterocycles. The second-order valence-electron chi connectivity index (χ2n) is 4.84. The van der Waals surface area contributed by atoms with E-state index in [1.165, 1.54) is 0 Å². The van der Waals surface area contributed by atoms with E-state index in [0.717, 1.165) is 17.0 Å². The van der Waals surface area contributed by atoms with Crippen molar-refractivity contribution >= 4 is 34.8 Å². The predicted molar refractivity (Wildman–Crippen MR) is 84.8 cm³/mol. The molecule has 1 unspecified atom stereocenters. The van der Waals surface area contributed by atoms with Crippen LogP contribution in [0.25, 0.3) is 0 Å². The summed E-state index contributed by atoms with van der Waals surface area (Å²) in [6, 6.07) is 5.33. The summed E-state index contributed by atoms with van der Waals surface area (Å²) in [5, 5.41) is 6.24. The van der Waals surface area contributed by atoms with E-state index in [1.807, 2.05) is 32.2 Å². The first-order valence-electron chi connectivity index (χ1n) is 6.26. The molecule has 0 bridgehead atoms. The zero-order valence-corrected chi connectivity index (χ0v) is 13.6. The molecule has 0 fully saturated rings. The third-order valence-electron chi connectivity index (χ3n) is 3.25. The van der Waals surface area contributed by atoms with E-state index >= 15 is 0 Å². The predicted octanol–water partition coefficient (Wildman–Crippen LogP) is 3.80. The van der Waals surface area contributed by atoms with Crippen molar-refractivity contribution in [3.8, 4) is 0 Å². The second-order valence-corrected chi connectivity index (χ2v) is 6.03. The number of nitrogens with two attached hydrogens (primary N) is 1. The molecule has 0 aliphatic rings. The first-order chi connectivity index (χ1) is 9.40. The van der Waals surface area contributed by atoms with Crippen molar-refractivity contribution in [2.45, 2.75) is 25.8 Å². The minimum absolute atomic E-state index is 0.125. The fourth-order valence-corrected chi connectivity index (χ4v) is 3.00. The van der Waals surface area contributed by atoms with Crippen molar-refractivity contribution in [3.63, 3.8) is 0 Å². The van der Waals surface area contributed by atoms with Gasteiger partial charge in [0.1, 0.15) is 0 Å². The van der Waals surface area contributed by atoms with Crippen LogP contribution in [-0.4, -0.2) is 15.8 Å². The molecule has 108 valence electrons. The lowest BCUT2D eigenvalue weighted by Crippen LogP contribution is -2.27. The van der Waals surface area contributed by atoms with Crippen molar-refractivity contribution < 1.29 is 0 Å². The molecule has 3 nitrogen and oxygen atoms in total. The molecule has 0 amide bonds. The van der Waals surface area contributed by atoms with Gasteiger partial charge >= 0.3 is 0 Å². The number of rotatable bonds is 4. The largest absolute Gasteiger partial charge is 0.327 e. The Morgan fingerprint density at radius 2 is 1.80 bits per heavy atom. The Kier molecular flexibility index (Phi) is 4.97. The van der Waals surface area contributed by atoms with Crippen LogP contribution < -0.4 is 5.73 Å². The van der Waals surface area contributed by atoms with Crippen LogP contribution in [0.15, 0.2) is 18.2 Å². The molecule has 0 aliphatic carbocycles. The number of aryl methyl sites for hydroxylation is 2. The third kappa shape index (κ3) is 3.29. The number of hydrogen-bond donors (Lipinski definition) is 1. The van der Waals surface area contributed by atoms with Crippen LogP contribution in [0.4, 0.5) is 0 Å². The van der Waals surface area contributed by atoms with Gasteiger partial charge in [-0.2, -0.15) is 5.10 Å². The molecule has 0 saturated heterocycles. The fourth-order valence-electron chi connectivity index (χ4n) is 2.21.